The zero-order chi connectivity index (χ0) is 38.8. The molecular weight excluding hydrogens is 670 g/mol. The highest BCUT2D eigenvalue weighted by atomic mass is 16.3. The first kappa shape index (κ1) is 42.7. The van der Waals surface area contributed by atoms with Crippen molar-refractivity contribution in [1.29, 1.82) is 0 Å². The molecule has 16 nitrogen and oxygen atoms in total. The monoisotopic (exact) mass is 723 g/mol. The maximum Gasteiger partial charge on any atom is 0.243 e. The Hall–Kier alpha value is -5.51. The topological polar surface area (TPSA) is 273 Å². The van der Waals surface area contributed by atoms with E-state index in [1.807, 2.05) is 6.07 Å². The van der Waals surface area contributed by atoms with Gasteiger partial charge in [-0.05, 0) is 80.3 Å². The van der Waals surface area contributed by atoms with Crippen LogP contribution in [0.5, 0.6) is 5.75 Å². The molecule has 4 atom stereocenters. The van der Waals surface area contributed by atoms with Gasteiger partial charge in [-0.1, -0.05) is 30.3 Å². The number of carbonyl (C=O) groups is 6. The van der Waals surface area contributed by atoms with E-state index in [1.165, 1.54) is 13.8 Å². The Morgan fingerprint density at radius 2 is 1.35 bits per heavy atom. The summed E-state index contributed by atoms with van der Waals surface area (Å²) in [5.74, 6) is -3.29. The van der Waals surface area contributed by atoms with Crippen molar-refractivity contribution in [2.24, 2.45) is 22.2 Å². The molecule has 0 aromatic heterocycles. The molecule has 2 rings (SSSR count). The summed E-state index contributed by atoms with van der Waals surface area (Å²) in [6.45, 7) is 6.76. The minimum Gasteiger partial charge on any atom is -0.508 e. The Morgan fingerprint density at radius 3 is 1.94 bits per heavy atom. The van der Waals surface area contributed by atoms with Gasteiger partial charge < -0.3 is 43.6 Å². The number of rotatable bonds is 20. The lowest BCUT2D eigenvalue weighted by Gasteiger charge is -2.26. The van der Waals surface area contributed by atoms with Crippen LogP contribution in [0.1, 0.15) is 68.2 Å². The van der Waals surface area contributed by atoms with Crippen molar-refractivity contribution in [3.05, 3.63) is 64.7 Å². The molecule has 0 saturated heterocycles. The first-order chi connectivity index (χ1) is 24.6. The Balaban J connectivity index is 2.31. The summed E-state index contributed by atoms with van der Waals surface area (Å²) in [5, 5.41) is 23.3. The molecule has 52 heavy (non-hydrogen) atoms. The molecule has 0 unspecified atom stereocenters. The molecule has 284 valence electrons. The van der Waals surface area contributed by atoms with Crippen molar-refractivity contribution < 1.29 is 33.9 Å². The third kappa shape index (κ3) is 15.6. The number of nitrogens with zero attached hydrogens (tertiary/aromatic N) is 1. The SMILES string of the molecule is CC(=O)NCCCC[C@H](NC(=O)[C@H](Cc1c(C)cc(O)cc1C)NC(=O)[C@H](N)CCCN=C(N)NC(C)=O)C(=O)N[C@@H](Cc1ccccc1)C(N)=O. The fourth-order valence-electron chi connectivity index (χ4n) is 5.47. The summed E-state index contributed by atoms with van der Waals surface area (Å²) < 4.78 is 0. The fraction of sp³-hybridized carbons (Fsp3) is 0.472. The number of aryl methyl sites for hydroxylation is 2. The van der Waals surface area contributed by atoms with E-state index < -0.39 is 47.8 Å². The maximum absolute atomic E-state index is 14.0. The predicted octanol–water partition coefficient (Wildman–Crippen LogP) is -0.401. The number of guanidine groups is 1. The molecule has 6 amide bonds. The van der Waals surface area contributed by atoms with Crippen molar-refractivity contribution in [1.82, 2.24) is 26.6 Å². The van der Waals surface area contributed by atoms with E-state index in [-0.39, 0.29) is 55.8 Å². The van der Waals surface area contributed by atoms with Gasteiger partial charge in [0.25, 0.3) is 0 Å². The lowest BCUT2D eigenvalue weighted by Crippen LogP contribution is -2.58. The summed E-state index contributed by atoms with van der Waals surface area (Å²) >= 11 is 0. The van der Waals surface area contributed by atoms with Gasteiger partial charge in [-0.2, -0.15) is 0 Å². The number of carbonyl (C=O) groups excluding carboxylic acids is 6. The second kappa shape index (κ2) is 21.6. The van der Waals surface area contributed by atoms with Crippen molar-refractivity contribution in [2.75, 3.05) is 13.1 Å². The highest BCUT2D eigenvalue weighted by molar-refractivity contribution is 5.95. The van der Waals surface area contributed by atoms with E-state index in [2.05, 4.69) is 31.6 Å². The smallest absolute Gasteiger partial charge is 0.243 e. The molecule has 0 heterocycles. The van der Waals surface area contributed by atoms with Crippen LogP contribution in [0.2, 0.25) is 0 Å². The minimum absolute atomic E-state index is 0.00850. The molecule has 0 radical (unpaired) electrons. The number of phenolic OH excluding ortho intramolecular Hbond substituents is 1. The van der Waals surface area contributed by atoms with E-state index in [1.54, 1.807) is 50.2 Å². The van der Waals surface area contributed by atoms with Crippen LogP contribution in [-0.4, -0.2) is 83.8 Å². The lowest BCUT2D eigenvalue weighted by molar-refractivity contribution is -0.133. The second-order valence-corrected chi connectivity index (χ2v) is 12.7. The zero-order valence-electron chi connectivity index (χ0n) is 30.3. The quantitative estimate of drug-likeness (QED) is 0.0488. The Morgan fingerprint density at radius 1 is 0.750 bits per heavy atom. The summed E-state index contributed by atoms with van der Waals surface area (Å²) in [6, 6.07) is 7.65. The van der Waals surface area contributed by atoms with Crippen molar-refractivity contribution in [3.63, 3.8) is 0 Å². The summed E-state index contributed by atoms with van der Waals surface area (Å²) in [7, 11) is 0. The first-order valence-corrected chi connectivity index (χ1v) is 17.2. The van der Waals surface area contributed by atoms with Crippen molar-refractivity contribution in [3.8, 4) is 5.75 Å². The number of aliphatic imine (C=N–C) groups is 1. The van der Waals surface area contributed by atoms with E-state index in [0.717, 1.165) is 5.56 Å². The van der Waals surface area contributed by atoms with Gasteiger partial charge in [0.15, 0.2) is 5.96 Å². The van der Waals surface area contributed by atoms with Gasteiger partial charge in [0, 0.05) is 39.8 Å². The van der Waals surface area contributed by atoms with Gasteiger partial charge in [-0.25, -0.2) is 0 Å². The normalized spacial score (nSPS) is 13.5. The van der Waals surface area contributed by atoms with Crippen LogP contribution in [-0.2, 0) is 41.6 Å². The molecule has 12 N–H and O–H groups in total. The first-order valence-electron chi connectivity index (χ1n) is 17.2. The number of phenols is 1. The number of hydrogen-bond acceptors (Lipinski definition) is 9. The van der Waals surface area contributed by atoms with Crippen LogP contribution >= 0.6 is 0 Å². The fourth-order valence-corrected chi connectivity index (χ4v) is 5.47. The minimum atomic E-state index is -1.19. The molecule has 0 aliphatic rings. The Labute approximate surface area is 304 Å². The van der Waals surface area contributed by atoms with Crippen LogP contribution in [0.15, 0.2) is 47.5 Å². The molecule has 0 saturated carbocycles. The van der Waals surface area contributed by atoms with Crippen LogP contribution in [0.25, 0.3) is 0 Å². The number of unbranched alkanes of at least 4 members (excludes halogenated alkanes) is 1. The molecular formula is C36H53N9O7. The molecule has 2 aromatic rings. The number of aromatic hydroxyl groups is 1. The summed E-state index contributed by atoms with van der Waals surface area (Å²) in [4.78, 5) is 79.9. The van der Waals surface area contributed by atoms with Gasteiger partial charge >= 0.3 is 0 Å². The third-order valence-electron chi connectivity index (χ3n) is 8.19. The summed E-state index contributed by atoms with van der Waals surface area (Å²) in [6.07, 6.45) is 1.75. The largest absolute Gasteiger partial charge is 0.508 e. The molecule has 0 aliphatic carbocycles. The van der Waals surface area contributed by atoms with E-state index in [9.17, 15) is 33.9 Å². The van der Waals surface area contributed by atoms with Gasteiger partial charge in [-0.15, -0.1) is 0 Å². The average Bonchev–Trinajstić information content (AvgIpc) is 3.06. The highest BCUT2D eigenvalue weighted by Crippen LogP contribution is 2.22. The number of nitrogens with two attached hydrogens (primary N) is 3. The predicted molar refractivity (Wildman–Crippen MR) is 196 cm³/mol. The molecule has 16 heteroatoms. The Bertz CT molecular complexity index is 1560. The summed E-state index contributed by atoms with van der Waals surface area (Å²) in [5.41, 5.74) is 20.3. The number of benzene rings is 2. The molecule has 0 aliphatic heterocycles. The van der Waals surface area contributed by atoms with Gasteiger partial charge in [0.2, 0.25) is 35.4 Å². The zero-order valence-corrected chi connectivity index (χ0v) is 30.3. The van der Waals surface area contributed by atoms with Gasteiger partial charge in [0.05, 0.1) is 6.04 Å². The Kier molecular flexibility index (Phi) is 17.8. The van der Waals surface area contributed by atoms with Gasteiger partial charge in [-0.3, -0.25) is 39.1 Å². The van der Waals surface area contributed by atoms with Crippen LogP contribution in [0.4, 0.5) is 0 Å². The number of nitrogens with one attached hydrogen (secondary N) is 5. The second-order valence-electron chi connectivity index (χ2n) is 12.7. The highest BCUT2D eigenvalue weighted by Gasteiger charge is 2.31. The van der Waals surface area contributed by atoms with E-state index >= 15 is 0 Å². The number of primary amides is 1. The number of amides is 6. The maximum atomic E-state index is 14.0. The lowest BCUT2D eigenvalue weighted by atomic mass is 9.95. The molecule has 0 bridgehead atoms. The van der Waals surface area contributed by atoms with E-state index in [0.29, 0.717) is 42.5 Å². The van der Waals surface area contributed by atoms with Crippen molar-refractivity contribution in [2.45, 2.75) is 96.8 Å². The molecule has 2 aromatic carbocycles. The van der Waals surface area contributed by atoms with Gasteiger partial charge in [0.1, 0.15) is 23.9 Å². The third-order valence-corrected chi connectivity index (χ3v) is 8.19. The number of hydrogen-bond donors (Lipinski definition) is 9. The molecule has 0 spiro atoms. The molecule has 0 fully saturated rings. The average molecular weight is 724 g/mol. The van der Waals surface area contributed by atoms with Crippen LogP contribution in [0, 0.1) is 13.8 Å². The standard InChI is InChI=1S/C36H53N9O7/c1-21-17-26(48)18-22(2)27(21)20-31(45-33(50)28(37)13-10-16-41-36(39)42-24(4)47)35(52)43-29(14-8-9-15-40-23(3)46)34(51)44-30(32(38)49)19-25-11-6-5-7-12-25/h5-7,11-12,17-18,28-31,48H,8-10,13-16,19-20,37H2,1-4H3,(H2,38,49)(H,40,46)(H,43,52)(H,44,51)(H,45,50)(H3,39,41,42,47)/t28-,29+,30+,31+/m1/s1. The van der Waals surface area contributed by atoms with Crippen molar-refractivity contribution >= 4 is 41.4 Å². The van der Waals surface area contributed by atoms with Crippen LogP contribution < -0.4 is 43.8 Å². The van der Waals surface area contributed by atoms with E-state index in [4.69, 9.17) is 17.2 Å². The van der Waals surface area contributed by atoms with Crippen LogP contribution in [0.3, 0.4) is 0 Å².